The maximum absolute atomic E-state index is 13.6. The summed E-state index contributed by atoms with van der Waals surface area (Å²) in [6, 6.07) is 30.9. The lowest BCUT2D eigenvalue weighted by atomic mass is 9.90. The van der Waals surface area contributed by atoms with Gasteiger partial charge in [-0.1, -0.05) is 109 Å². The van der Waals surface area contributed by atoms with Crippen LogP contribution in [0.5, 0.6) is 0 Å². The maximum Gasteiger partial charge on any atom is 0.264 e. The zero-order chi connectivity index (χ0) is 24.3. The van der Waals surface area contributed by atoms with Gasteiger partial charge in [-0.15, -0.1) is 0 Å². The van der Waals surface area contributed by atoms with E-state index in [0.29, 0.717) is 17.8 Å². The molecule has 35 heavy (non-hydrogen) atoms. The van der Waals surface area contributed by atoms with E-state index in [1.165, 1.54) is 6.08 Å². The summed E-state index contributed by atoms with van der Waals surface area (Å²) in [6.45, 7) is 0.309. The van der Waals surface area contributed by atoms with E-state index in [4.69, 9.17) is 0 Å². The third kappa shape index (κ3) is 4.44. The Bertz CT molecular complexity index is 1450. The average molecular weight is 460 g/mol. The van der Waals surface area contributed by atoms with Crippen LogP contribution < -0.4 is 4.90 Å². The third-order valence-corrected chi connectivity index (χ3v) is 6.36. The van der Waals surface area contributed by atoms with Crippen molar-refractivity contribution in [3.63, 3.8) is 0 Å². The van der Waals surface area contributed by atoms with E-state index in [9.17, 15) is 14.7 Å². The van der Waals surface area contributed by atoms with Crippen molar-refractivity contribution in [3.05, 3.63) is 132 Å². The first-order valence-electron chi connectivity index (χ1n) is 11.6. The normalized spacial score (nSPS) is 17.5. The van der Waals surface area contributed by atoms with Crippen LogP contribution in [0.3, 0.4) is 0 Å². The molecule has 1 N–H and O–H groups in total. The van der Waals surface area contributed by atoms with Crippen LogP contribution in [0.1, 0.15) is 23.1 Å². The predicted octanol–water partition coefficient (Wildman–Crippen LogP) is 5.80. The molecule has 4 aromatic carbocycles. The van der Waals surface area contributed by atoms with Gasteiger partial charge in [-0.05, 0) is 34.0 Å². The molecule has 1 heterocycles. The highest BCUT2D eigenvalue weighted by Gasteiger charge is 2.50. The Morgan fingerprint density at radius 2 is 1.54 bits per heavy atom. The Hall–Kier alpha value is -4.28. The third-order valence-electron chi connectivity index (χ3n) is 6.36. The minimum Gasteiger partial charge on any atom is -0.375 e. The highest BCUT2D eigenvalue weighted by molar-refractivity contribution is 6.10. The SMILES string of the molecule is O=C(/C=C/C=C/c1ccccc1)CC1(O)C(=O)N(Cc2cccc3ccccc23)c2ccccc21. The Balaban J connectivity index is 1.38. The summed E-state index contributed by atoms with van der Waals surface area (Å²) >= 11 is 0. The number of ketones is 1. The summed E-state index contributed by atoms with van der Waals surface area (Å²) in [5, 5.41) is 13.7. The number of benzene rings is 4. The van der Waals surface area contributed by atoms with E-state index in [1.807, 2.05) is 91.0 Å². The van der Waals surface area contributed by atoms with Crippen LogP contribution in [0.15, 0.2) is 115 Å². The Labute approximate surface area is 204 Å². The fraction of sp³-hybridized carbons (Fsp3) is 0.0968. The summed E-state index contributed by atoms with van der Waals surface area (Å²) in [5.74, 6) is -0.798. The molecule has 0 saturated carbocycles. The van der Waals surface area contributed by atoms with Crippen molar-refractivity contribution in [2.75, 3.05) is 4.90 Å². The number of rotatable bonds is 7. The van der Waals surface area contributed by atoms with E-state index in [1.54, 1.807) is 29.2 Å². The van der Waals surface area contributed by atoms with Crippen LogP contribution in [0.2, 0.25) is 0 Å². The fourth-order valence-electron chi connectivity index (χ4n) is 4.64. The minimum absolute atomic E-state index is 0.309. The second kappa shape index (κ2) is 9.53. The van der Waals surface area contributed by atoms with E-state index >= 15 is 0 Å². The lowest BCUT2D eigenvalue weighted by molar-refractivity contribution is -0.140. The van der Waals surface area contributed by atoms with Gasteiger partial charge in [0.05, 0.1) is 18.7 Å². The van der Waals surface area contributed by atoms with E-state index in [0.717, 1.165) is 21.9 Å². The number of carbonyl (C=O) groups excluding carboxylic acids is 2. The molecule has 0 bridgehead atoms. The highest BCUT2D eigenvalue weighted by atomic mass is 16.3. The van der Waals surface area contributed by atoms with Gasteiger partial charge in [-0.3, -0.25) is 9.59 Å². The summed E-state index contributed by atoms with van der Waals surface area (Å²) in [5.41, 5.74) is 1.20. The highest BCUT2D eigenvalue weighted by Crippen LogP contribution is 2.43. The predicted molar refractivity (Wildman–Crippen MR) is 140 cm³/mol. The van der Waals surface area contributed by atoms with Crippen LogP contribution in [-0.2, 0) is 21.7 Å². The van der Waals surface area contributed by atoms with Gasteiger partial charge in [0.1, 0.15) is 0 Å². The van der Waals surface area contributed by atoms with Gasteiger partial charge >= 0.3 is 0 Å². The molecule has 172 valence electrons. The van der Waals surface area contributed by atoms with Crippen LogP contribution in [0.25, 0.3) is 16.8 Å². The fourth-order valence-corrected chi connectivity index (χ4v) is 4.64. The van der Waals surface area contributed by atoms with E-state index in [-0.39, 0.29) is 12.2 Å². The minimum atomic E-state index is -1.90. The number of hydrogen-bond acceptors (Lipinski definition) is 3. The number of nitrogens with zero attached hydrogens (tertiary/aromatic N) is 1. The zero-order valence-corrected chi connectivity index (χ0v) is 19.2. The molecule has 1 atom stereocenters. The molecule has 0 aliphatic carbocycles. The van der Waals surface area contributed by atoms with Crippen molar-refractivity contribution in [1.29, 1.82) is 0 Å². The molecule has 4 aromatic rings. The lowest BCUT2D eigenvalue weighted by Crippen LogP contribution is -2.41. The molecule has 0 radical (unpaired) electrons. The van der Waals surface area contributed by atoms with Crippen molar-refractivity contribution in [2.24, 2.45) is 0 Å². The topological polar surface area (TPSA) is 57.6 Å². The van der Waals surface area contributed by atoms with Gasteiger partial charge in [0.25, 0.3) is 5.91 Å². The summed E-state index contributed by atoms with van der Waals surface area (Å²) < 4.78 is 0. The summed E-state index contributed by atoms with van der Waals surface area (Å²) in [6.07, 6.45) is 6.39. The molecule has 4 nitrogen and oxygen atoms in total. The molecular weight excluding hydrogens is 434 g/mol. The van der Waals surface area contributed by atoms with Crippen molar-refractivity contribution in [3.8, 4) is 0 Å². The second-order valence-electron chi connectivity index (χ2n) is 8.68. The van der Waals surface area contributed by atoms with Crippen LogP contribution in [-0.4, -0.2) is 16.8 Å². The van der Waals surface area contributed by atoms with Gasteiger partial charge in [0, 0.05) is 5.56 Å². The molecule has 1 aliphatic heterocycles. The molecule has 1 aliphatic rings. The zero-order valence-electron chi connectivity index (χ0n) is 19.2. The van der Waals surface area contributed by atoms with Crippen LogP contribution in [0, 0.1) is 0 Å². The number of anilines is 1. The molecular formula is C31H25NO3. The standard InChI is InChI=1S/C31H25NO3/c33-26(17-6-4-13-23-11-2-1-3-12-23)21-31(35)28-19-8-9-20-29(28)32(30(31)34)22-25-16-10-15-24-14-5-7-18-27(24)25/h1-20,35H,21-22H2/b13-4+,17-6+. The Morgan fingerprint density at radius 3 is 2.40 bits per heavy atom. The van der Waals surface area contributed by atoms with Gasteiger partial charge in [0.15, 0.2) is 11.4 Å². The molecule has 1 amide bonds. The second-order valence-corrected chi connectivity index (χ2v) is 8.68. The number of para-hydroxylation sites is 1. The molecule has 5 rings (SSSR count). The summed E-state index contributed by atoms with van der Waals surface area (Å²) in [4.78, 5) is 27.9. The van der Waals surface area contributed by atoms with Crippen molar-refractivity contribution in [2.45, 2.75) is 18.6 Å². The molecule has 0 saturated heterocycles. The first kappa shape index (κ1) is 22.5. The van der Waals surface area contributed by atoms with Gasteiger partial charge < -0.3 is 10.0 Å². The number of fused-ring (bicyclic) bond motifs is 2. The Morgan fingerprint density at radius 1 is 0.829 bits per heavy atom. The number of carbonyl (C=O) groups is 2. The molecule has 0 fully saturated rings. The Kier molecular flexibility index (Phi) is 6.13. The van der Waals surface area contributed by atoms with Crippen molar-refractivity contribution >= 4 is 34.2 Å². The number of amides is 1. The quantitative estimate of drug-likeness (QED) is 0.281. The lowest BCUT2D eigenvalue weighted by Gasteiger charge is -2.23. The van der Waals surface area contributed by atoms with E-state index in [2.05, 4.69) is 0 Å². The number of aliphatic hydroxyl groups is 1. The molecule has 4 heteroatoms. The van der Waals surface area contributed by atoms with Gasteiger partial charge in [-0.2, -0.15) is 0 Å². The van der Waals surface area contributed by atoms with E-state index < -0.39 is 11.5 Å². The van der Waals surface area contributed by atoms with Crippen LogP contribution in [0.4, 0.5) is 5.69 Å². The first-order chi connectivity index (χ1) is 17.1. The first-order valence-corrected chi connectivity index (χ1v) is 11.6. The summed E-state index contributed by atoms with van der Waals surface area (Å²) in [7, 11) is 0. The van der Waals surface area contributed by atoms with Crippen molar-refractivity contribution < 1.29 is 14.7 Å². The monoisotopic (exact) mass is 459 g/mol. The molecule has 0 aromatic heterocycles. The largest absolute Gasteiger partial charge is 0.375 e. The van der Waals surface area contributed by atoms with Crippen LogP contribution >= 0.6 is 0 Å². The van der Waals surface area contributed by atoms with Gasteiger partial charge in [0.2, 0.25) is 0 Å². The molecule has 1 unspecified atom stereocenters. The van der Waals surface area contributed by atoms with Crippen molar-refractivity contribution in [1.82, 2.24) is 0 Å². The van der Waals surface area contributed by atoms with Gasteiger partial charge in [-0.25, -0.2) is 0 Å². The maximum atomic E-state index is 13.6. The smallest absolute Gasteiger partial charge is 0.264 e. The number of hydrogen-bond donors (Lipinski definition) is 1. The molecule has 0 spiro atoms. The number of allylic oxidation sites excluding steroid dienone is 3. The average Bonchev–Trinajstić information content (AvgIpc) is 3.09.